The number of carbonyl (C=O) groups is 2. The largest absolute Gasteiger partial charge is 0.476 e. The van der Waals surface area contributed by atoms with Crippen molar-refractivity contribution in [1.29, 1.82) is 0 Å². The molecule has 2 N–H and O–H groups in total. The second-order valence-corrected chi connectivity index (χ2v) is 7.75. The smallest absolute Gasteiger partial charge is 0.358 e. The molecule has 0 aliphatic heterocycles. The van der Waals surface area contributed by atoms with E-state index in [1.165, 1.54) is 10.9 Å². The van der Waals surface area contributed by atoms with Crippen LogP contribution in [0.4, 0.5) is 8.78 Å². The quantitative estimate of drug-likeness (QED) is 0.850. The molecule has 142 valence electrons. The highest BCUT2D eigenvalue weighted by molar-refractivity contribution is 5.84. The van der Waals surface area contributed by atoms with E-state index in [-0.39, 0.29) is 36.0 Å². The Morgan fingerprint density at radius 1 is 1.19 bits per heavy atom. The summed E-state index contributed by atoms with van der Waals surface area (Å²) in [6.45, 7) is 0. The Kier molecular flexibility index (Phi) is 4.19. The van der Waals surface area contributed by atoms with Gasteiger partial charge in [-0.2, -0.15) is 0 Å². The first kappa shape index (κ1) is 17.4. The zero-order chi connectivity index (χ0) is 18.5. The third-order valence-corrected chi connectivity index (χ3v) is 6.23. The van der Waals surface area contributed by atoms with Gasteiger partial charge in [0.2, 0.25) is 5.91 Å². The Hall–Kier alpha value is -2.06. The van der Waals surface area contributed by atoms with Crippen LogP contribution in [0.2, 0.25) is 0 Å². The van der Waals surface area contributed by atoms with Gasteiger partial charge in [0.25, 0.3) is 5.92 Å². The van der Waals surface area contributed by atoms with Crippen molar-refractivity contribution < 1.29 is 23.5 Å². The summed E-state index contributed by atoms with van der Waals surface area (Å²) < 4.78 is 28.6. The molecule has 0 saturated heterocycles. The summed E-state index contributed by atoms with van der Waals surface area (Å²) >= 11 is 0. The second-order valence-electron chi connectivity index (χ2n) is 7.75. The Bertz CT molecular complexity index is 723. The van der Waals surface area contributed by atoms with E-state index < -0.39 is 23.7 Å². The number of carboxylic acids is 1. The fourth-order valence-corrected chi connectivity index (χ4v) is 4.65. The van der Waals surface area contributed by atoms with E-state index in [0.29, 0.717) is 12.8 Å². The molecule has 3 saturated carbocycles. The molecule has 0 spiro atoms. The Morgan fingerprint density at radius 2 is 1.96 bits per heavy atom. The van der Waals surface area contributed by atoms with Crippen molar-refractivity contribution in [1.82, 2.24) is 20.3 Å². The Morgan fingerprint density at radius 3 is 2.65 bits per heavy atom. The molecule has 9 heteroatoms. The third kappa shape index (κ3) is 2.97. The van der Waals surface area contributed by atoms with E-state index in [1.54, 1.807) is 0 Å². The maximum Gasteiger partial charge on any atom is 0.358 e. The van der Waals surface area contributed by atoms with Crippen molar-refractivity contribution in [2.45, 2.75) is 63.0 Å². The average Bonchev–Trinajstić information content (AvgIpc) is 2.99. The minimum Gasteiger partial charge on any atom is -0.476 e. The zero-order valence-corrected chi connectivity index (χ0v) is 14.3. The summed E-state index contributed by atoms with van der Waals surface area (Å²) in [5.41, 5.74) is -0.130. The van der Waals surface area contributed by atoms with E-state index >= 15 is 0 Å². The predicted molar refractivity (Wildman–Crippen MR) is 85.7 cm³/mol. The van der Waals surface area contributed by atoms with Crippen molar-refractivity contribution >= 4 is 11.9 Å². The molecule has 3 aliphatic carbocycles. The molecule has 1 aromatic rings. The predicted octanol–water partition coefficient (Wildman–Crippen LogP) is 2.26. The molecule has 1 amide bonds. The molecule has 0 radical (unpaired) electrons. The van der Waals surface area contributed by atoms with Crippen LogP contribution in [0.3, 0.4) is 0 Å². The highest BCUT2D eigenvalue weighted by atomic mass is 19.3. The van der Waals surface area contributed by atoms with Crippen LogP contribution in [0.15, 0.2) is 6.20 Å². The number of hydrogen-bond donors (Lipinski definition) is 2. The number of amides is 1. The lowest BCUT2D eigenvalue weighted by atomic mass is 9.86. The van der Waals surface area contributed by atoms with E-state index in [1.807, 2.05) is 0 Å². The molecule has 0 aromatic carbocycles. The number of alkyl halides is 2. The van der Waals surface area contributed by atoms with Gasteiger partial charge < -0.3 is 10.4 Å². The molecule has 4 rings (SSSR count). The van der Waals surface area contributed by atoms with Crippen LogP contribution in [0.25, 0.3) is 0 Å². The summed E-state index contributed by atoms with van der Waals surface area (Å²) in [6, 6.07) is -0.343. The first-order valence-electron chi connectivity index (χ1n) is 9.21. The molecular weight excluding hydrogens is 346 g/mol. The molecular formula is C17H22F2N4O3. The molecule has 1 heterocycles. The van der Waals surface area contributed by atoms with Gasteiger partial charge in [0, 0.05) is 17.8 Å². The topological polar surface area (TPSA) is 97.1 Å². The lowest BCUT2D eigenvalue weighted by molar-refractivity contribution is -0.127. The lowest BCUT2D eigenvalue weighted by Gasteiger charge is -2.33. The van der Waals surface area contributed by atoms with Crippen molar-refractivity contribution in [2.24, 2.45) is 17.8 Å². The number of aromatic carboxylic acids is 1. The Balaban J connectivity index is 1.42. The maximum absolute atomic E-state index is 13.5. The normalized spacial score (nSPS) is 35.4. The van der Waals surface area contributed by atoms with Gasteiger partial charge in [0.15, 0.2) is 5.69 Å². The fraction of sp³-hybridized carbons (Fsp3) is 0.765. The van der Waals surface area contributed by atoms with Gasteiger partial charge in [-0.25, -0.2) is 18.3 Å². The lowest BCUT2D eigenvalue weighted by Crippen LogP contribution is -2.46. The van der Waals surface area contributed by atoms with E-state index in [0.717, 1.165) is 25.7 Å². The van der Waals surface area contributed by atoms with Crippen molar-refractivity contribution in [2.75, 3.05) is 0 Å². The van der Waals surface area contributed by atoms with Crippen LogP contribution in [0.5, 0.6) is 0 Å². The monoisotopic (exact) mass is 368 g/mol. The van der Waals surface area contributed by atoms with Gasteiger partial charge >= 0.3 is 5.97 Å². The summed E-state index contributed by atoms with van der Waals surface area (Å²) in [7, 11) is 0. The summed E-state index contributed by atoms with van der Waals surface area (Å²) in [4.78, 5) is 23.6. The van der Waals surface area contributed by atoms with Gasteiger partial charge in [-0.15, -0.1) is 5.10 Å². The molecule has 7 nitrogen and oxygen atoms in total. The molecule has 0 bridgehead atoms. The van der Waals surface area contributed by atoms with Crippen molar-refractivity contribution in [3.63, 3.8) is 0 Å². The van der Waals surface area contributed by atoms with Crippen molar-refractivity contribution in [3.8, 4) is 0 Å². The summed E-state index contributed by atoms with van der Waals surface area (Å²) in [5, 5.41) is 19.6. The summed E-state index contributed by atoms with van der Waals surface area (Å²) in [6.07, 6.45) is 5.99. The van der Waals surface area contributed by atoms with Crippen molar-refractivity contribution in [3.05, 3.63) is 11.9 Å². The van der Waals surface area contributed by atoms with Crippen LogP contribution in [0.1, 0.15) is 61.5 Å². The summed E-state index contributed by atoms with van der Waals surface area (Å²) in [5.74, 6) is -5.42. The minimum atomic E-state index is -2.59. The number of carboxylic acid groups (broad SMARTS) is 1. The van der Waals surface area contributed by atoms with E-state index in [4.69, 9.17) is 5.11 Å². The maximum atomic E-state index is 13.5. The van der Waals surface area contributed by atoms with Gasteiger partial charge in [0.1, 0.15) is 0 Å². The highest BCUT2D eigenvalue weighted by Gasteiger charge is 2.69. The fourth-order valence-electron chi connectivity index (χ4n) is 4.65. The van der Waals surface area contributed by atoms with Crippen LogP contribution in [0, 0.1) is 17.8 Å². The second kappa shape index (κ2) is 6.28. The van der Waals surface area contributed by atoms with Gasteiger partial charge in [-0.1, -0.05) is 18.1 Å². The number of rotatable bonds is 4. The number of nitrogens with zero attached hydrogens (tertiary/aromatic N) is 3. The Labute approximate surface area is 149 Å². The van der Waals surface area contributed by atoms with Gasteiger partial charge in [0.05, 0.1) is 18.3 Å². The van der Waals surface area contributed by atoms with Crippen LogP contribution in [-0.2, 0) is 4.79 Å². The van der Waals surface area contributed by atoms with Gasteiger partial charge in [-0.05, 0) is 32.1 Å². The van der Waals surface area contributed by atoms with E-state index in [9.17, 15) is 18.4 Å². The first-order valence-corrected chi connectivity index (χ1v) is 9.21. The van der Waals surface area contributed by atoms with Gasteiger partial charge in [-0.3, -0.25) is 4.79 Å². The average molecular weight is 368 g/mol. The zero-order valence-electron chi connectivity index (χ0n) is 14.3. The molecule has 5 atom stereocenters. The number of hydrogen-bond acceptors (Lipinski definition) is 4. The molecule has 26 heavy (non-hydrogen) atoms. The first-order chi connectivity index (χ1) is 12.4. The molecule has 3 aliphatic rings. The number of aromatic nitrogens is 3. The standard InChI is InChI=1S/C17H22F2N4O3/c18-17(19)10-6-5-9(7-11(10)17)15(24)20-12-3-1-2-4-14(12)23-8-13(16(25)26)21-22-23/h8-12,14H,1-7H2,(H,20,24)(H,25,26)/t9-,10+,11-,12+,14-/m1/s1. The number of carbonyl (C=O) groups excluding carboxylic acids is 1. The van der Waals surface area contributed by atoms with E-state index in [2.05, 4.69) is 15.6 Å². The van der Waals surface area contributed by atoms with Crippen LogP contribution in [-0.4, -0.2) is 43.9 Å². The molecule has 0 unspecified atom stereocenters. The van der Waals surface area contributed by atoms with Crippen LogP contribution < -0.4 is 5.32 Å². The third-order valence-electron chi connectivity index (χ3n) is 6.23. The highest BCUT2D eigenvalue weighted by Crippen LogP contribution is 2.63. The SMILES string of the molecule is O=C(O)c1cn([C@@H]2CCCC[C@@H]2NC(=O)[C@@H]2CC[C@H]3[C@@H](C2)C3(F)F)nn1. The number of halogens is 2. The minimum absolute atomic E-state index is 0.130. The molecule has 3 fully saturated rings. The number of fused-ring (bicyclic) bond motifs is 1. The number of nitrogens with one attached hydrogen (secondary N) is 1. The molecule has 1 aromatic heterocycles. The van der Waals surface area contributed by atoms with Crippen LogP contribution >= 0.6 is 0 Å².